The van der Waals surface area contributed by atoms with Gasteiger partial charge < -0.3 is 20.3 Å². The van der Waals surface area contributed by atoms with Crippen LogP contribution in [0.2, 0.25) is 0 Å². The Kier molecular flexibility index (Phi) is 4.92. The molecule has 1 aliphatic carbocycles. The lowest BCUT2D eigenvalue weighted by Gasteiger charge is -2.40. The number of hydrogen-bond donors (Lipinski definition) is 2. The van der Waals surface area contributed by atoms with E-state index in [0.717, 1.165) is 68.8 Å². The number of hydrogen-bond acceptors (Lipinski definition) is 7. The molecule has 0 radical (unpaired) electrons. The van der Waals surface area contributed by atoms with Crippen LogP contribution in [0.5, 0.6) is 0 Å². The Morgan fingerprint density at radius 3 is 2.55 bits per heavy atom. The lowest BCUT2D eigenvalue weighted by Crippen LogP contribution is -2.44. The van der Waals surface area contributed by atoms with Gasteiger partial charge in [0.2, 0.25) is 5.95 Å². The Labute approximate surface area is 180 Å². The second-order valence-electron chi connectivity index (χ2n) is 8.77. The first-order chi connectivity index (χ1) is 15.0. The summed E-state index contributed by atoms with van der Waals surface area (Å²) >= 11 is 0. The maximum atomic E-state index is 12.8. The van der Waals surface area contributed by atoms with Crippen molar-refractivity contribution in [3.05, 3.63) is 45.0 Å². The summed E-state index contributed by atoms with van der Waals surface area (Å²) in [5, 5.41) is 0. The van der Waals surface area contributed by atoms with E-state index in [9.17, 15) is 9.59 Å². The molecule has 2 saturated heterocycles. The lowest BCUT2D eigenvalue weighted by molar-refractivity contribution is 0.100. The van der Waals surface area contributed by atoms with Gasteiger partial charge in [-0.1, -0.05) is 0 Å². The molecule has 0 saturated carbocycles. The van der Waals surface area contributed by atoms with Crippen molar-refractivity contribution >= 4 is 17.7 Å². The number of rotatable bonds is 3. The summed E-state index contributed by atoms with van der Waals surface area (Å²) in [5.41, 5.74) is 8.58. The highest BCUT2D eigenvalue weighted by molar-refractivity contribution is 5.97. The van der Waals surface area contributed by atoms with Crippen molar-refractivity contribution in [1.29, 1.82) is 0 Å². The number of aromatic nitrogens is 3. The van der Waals surface area contributed by atoms with E-state index in [1.165, 1.54) is 0 Å². The van der Waals surface area contributed by atoms with Crippen LogP contribution in [0.15, 0.2) is 16.9 Å². The molecule has 0 unspecified atom stereocenters. The largest absolute Gasteiger partial charge is 0.378 e. The van der Waals surface area contributed by atoms with E-state index in [2.05, 4.69) is 19.8 Å². The Morgan fingerprint density at radius 2 is 1.84 bits per heavy atom. The lowest BCUT2D eigenvalue weighted by atomic mass is 9.76. The second-order valence-corrected chi connectivity index (χ2v) is 8.77. The molecular formula is C22H28N6O3. The topological polar surface area (TPSA) is 117 Å². The van der Waals surface area contributed by atoms with Crippen LogP contribution in [0.25, 0.3) is 0 Å². The predicted octanol–water partition coefficient (Wildman–Crippen LogP) is 0.893. The number of morpholine rings is 1. The zero-order valence-corrected chi connectivity index (χ0v) is 17.8. The van der Waals surface area contributed by atoms with Crippen LogP contribution < -0.4 is 21.1 Å². The van der Waals surface area contributed by atoms with Crippen molar-refractivity contribution in [2.45, 2.75) is 38.0 Å². The van der Waals surface area contributed by atoms with Gasteiger partial charge in [0.15, 0.2) is 0 Å². The first-order valence-corrected chi connectivity index (χ1v) is 11.0. The summed E-state index contributed by atoms with van der Waals surface area (Å²) in [5.74, 6) is 0.859. The average Bonchev–Trinajstić information content (AvgIpc) is 3.13. The fraction of sp³-hybridized carbons (Fsp3) is 0.545. The number of carbonyl (C=O) groups excluding carboxylic acids is 1. The van der Waals surface area contributed by atoms with Gasteiger partial charge in [-0.25, -0.2) is 9.97 Å². The molecule has 5 rings (SSSR count). The molecule has 164 valence electrons. The molecule has 3 aliphatic rings. The van der Waals surface area contributed by atoms with Gasteiger partial charge in [0, 0.05) is 42.9 Å². The van der Waals surface area contributed by atoms with E-state index in [0.29, 0.717) is 30.5 Å². The molecule has 1 spiro atoms. The van der Waals surface area contributed by atoms with Crippen molar-refractivity contribution in [3.8, 4) is 0 Å². The van der Waals surface area contributed by atoms with Crippen molar-refractivity contribution in [2.24, 2.45) is 5.73 Å². The number of anilines is 2. The Bertz CT molecular complexity index is 1070. The molecule has 0 aromatic carbocycles. The van der Waals surface area contributed by atoms with E-state index in [1.807, 2.05) is 13.0 Å². The summed E-state index contributed by atoms with van der Waals surface area (Å²) in [4.78, 5) is 41.5. The zero-order valence-electron chi connectivity index (χ0n) is 17.8. The molecule has 9 heteroatoms. The predicted molar refractivity (Wildman–Crippen MR) is 117 cm³/mol. The molecule has 0 bridgehead atoms. The fourth-order valence-corrected chi connectivity index (χ4v) is 5.17. The van der Waals surface area contributed by atoms with Crippen LogP contribution in [-0.2, 0) is 16.6 Å². The van der Waals surface area contributed by atoms with Gasteiger partial charge in [0.25, 0.3) is 11.5 Å². The quantitative estimate of drug-likeness (QED) is 0.751. The number of amides is 1. The summed E-state index contributed by atoms with van der Waals surface area (Å²) < 4.78 is 5.44. The molecule has 2 aliphatic heterocycles. The van der Waals surface area contributed by atoms with Crippen LogP contribution in [0, 0.1) is 6.92 Å². The van der Waals surface area contributed by atoms with Gasteiger partial charge in [-0.15, -0.1) is 0 Å². The SMILES string of the molecule is Cc1ccc(C(N)=O)c(N2CCC3(CCc4c3nc(N3CCOCC3)[nH]c4=O)CC2)n1. The standard InChI is InChI=1S/C22H28N6O3/c1-14-2-3-16(18(23)29)19(24-14)27-8-6-22(7-9-27)5-4-15-17(22)25-21(26-20(15)30)28-10-12-31-13-11-28/h2-3H,4-13H2,1H3,(H2,23,29)(H,25,26,30). The number of primary amides is 1. The van der Waals surface area contributed by atoms with Crippen molar-refractivity contribution in [3.63, 3.8) is 0 Å². The first kappa shape index (κ1) is 20.0. The number of nitrogens with zero attached hydrogens (tertiary/aromatic N) is 4. The molecule has 1 amide bonds. The maximum absolute atomic E-state index is 12.8. The zero-order chi connectivity index (χ0) is 21.6. The molecular weight excluding hydrogens is 396 g/mol. The Hall–Kier alpha value is -2.94. The van der Waals surface area contributed by atoms with Crippen molar-refractivity contribution in [1.82, 2.24) is 15.0 Å². The van der Waals surface area contributed by atoms with Crippen LogP contribution >= 0.6 is 0 Å². The number of ether oxygens (including phenoxy) is 1. The number of nitrogens with one attached hydrogen (secondary N) is 1. The smallest absolute Gasteiger partial charge is 0.255 e. The van der Waals surface area contributed by atoms with Crippen LogP contribution in [-0.4, -0.2) is 60.3 Å². The van der Waals surface area contributed by atoms with E-state index < -0.39 is 5.91 Å². The highest BCUT2D eigenvalue weighted by atomic mass is 16.5. The van der Waals surface area contributed by atoms with E-state index in [4.69, 9.17) is 15.5 Å². The van der Waals surface area contributed by atoms with Gasteiger partial charge in [0.1, 0.15) is 5.82 Å². The maximum Gasteiger partial charge on any atom is 0.255 e. The number of piperidine rings is 1. The average molecular weight is 425 g/mol. The van der Waals surface area contributed by atoms with Gasteiger partial charge in [0.05, 0.1) is 24.5 Å². The molecule has 4 heterocycles. The number of nitrogens with two attached hydrogens (primary N) is 1. The van der Waals surface area contributed by atoms with E-state index in [-0.39, 0.29) is 11.0 Å². The van der Waals surface area contributed by atoms with Crippen LogP contribution in [0.1, 0.15) is 46.6 Å². The fourth-order valence-electron chi connectivity index (χ4n) is 5.17. The minimum absolute atomic E-state index is 0.0119. The van der Waals surface area contributed by atoms with E-state index in [1.54, 1.807) is 6.07 Å². The minimum Gasteiger partial charge on any atom is -0.378 e. The second kappa shape index (κ2) is 7.64. The summed E-state index contributed by atoms with van der Waals surface area (Å²) in [6.07, 6.45) is 3.43. The number of fused-ring (bicyclic) bond motifs is 2. The van der Waals surface area contributed by atoms with Gasteiger partial charge in [-0.3, -0.25) is 14.6 Å². The molecule has 9 nitrogen and oxygen atoms in total. The van der Waals surface area contributed by atoms with Gasteiger partial charge in [-0.2, -0.15) is 0 Å². The molecule has 3 N–H and O–H groups in total. The number of carbonyl (C=O) groups is 1. The van der Waals surface area contributed by atoms with Crippen LogP contribution in [0.4, 0.5) is 11.8 Å². The minimum atomic E-state index is -0.461. The first-order valence-electron chi connectivity index (χ1n) is 11.0. The number of aromatic amines is 1. The number of aryl methyl sites for hydroxylation is 1. The highest BCUT2D eigenvalue weighted by Gasteiger charge is 2.44. The Balaban J connectivity index is 1.43. The summed E-state index contributed by atoms with van der Waals surface area (Å²) in [6.45, 7) is 6.17. The monoisotopic (exact) mass is 424 g/mol. The molecule has 0 atom stereocenters. The highest BCUT2D eigenvalue weighted by Crippen LogP contribution is 2.45. The Morgan fingerprint density at radius 1 is 1.10 bits per heavy atom. The van der Waals surface area contributed by atoms with Crippen molar-refractivity contribution in [2.75, 3.05) is 49.2 Å². The summed E-state index contributed by atoms with van der Waals surface area (Å²) in [6, 6.07) is 3.57. The molecule has 2 fully saturated rings. The number of pyridine rings is 1. The van der Waals surface area contributed by atoms with Gasteiger partial charge in [-0.05, 0) is 44.7 Å². The third kappa shape index (κ3) is 3.46. The number of H-pyrrole nitrogens is 1. The molecule has 2 aromatic rings. The van der Waals surface area contributed by atoms with Crippen molar-refractivity contribution < 1.29 is 9.53 Å². The third-order valence-corrected chi connectivity index (χ3v) is 6.97. The summed E-state index contributed by atoms with van der Waals surface area (Å²) in [7, 11) is 0. The molecule has 31 heavy (non-hydrogen) atoms. The van der Waals surface area contributed by atoms with Gasteiger partial charge >= 0.3 is 0 Å². The van der Waals surface area contributed by atoms with Crippen LogP contribution in [0.3, 0.4) is 0 Å². The molecule has 2 aromatic heterocycles. The third-order valence-electron chi connectivity index (χ3n) is 6.97. The normalized spacial score (nSPS) is 20.2. The van der Waals surface area contributed by atoms with E-state index >= 15 is 0 Å².